The molecule has 0 aliphatic carbocycles. The SMILES string of the molecule is CCCCCCCCCCCCC/C=C/[C@@H](O)[C@H](CO[C@@H]1OC(CO)[C@@H](O[C@@H]2OC(CO)[C@H](O)[C@H](O[C@H]3OC(CO)[C@H](O)[C@H](O[C@@H]4OC(CO)[C@H](O)[C@H](O[C@@H]5OC(CO)[C@H](O)[C@H](O[C@H]6OC(CO)[C@H](O)[C@H](O)C6O)C5O)C4NC(C)=O)C3O)C2O)[C@H](O)C1O)NC(=O)CCCCCCCCCCCCCCCCCCCCCCC. The molecule has 0 spiro atoms. The summed E-state index contributed by atoms with van der Waals surface area (Å²) in [6.45, 7) is -0.977. The summed E-state index contributed by atoms with van der Waals surface area (Å²) < 4.78 is 70.3. The number of ether oxygens (including phenoxy) is 12. The quantitative estimate of drug-likeness (QED) is 0.0276. The van der Waals surface area contributed by atoms with E-state index in [9.17, 15) is 107 Å². The van der Waals surface area contributed by atoms with E-state index < -0.39 is 248 Å². The first-order valence-electron chi connectivity index (χ1n) is 43.0. The van der Waals surface area contributed by atoms with Gasteiger partial charge in [-0.3, -0.25) is 9.59 Å². The summed E-state index contributed by atoms with van der Waals surface area (Å²) in [5.74, 6) is -1.23. The van der Waals surface area contributed by atoms with Crippen LogP contribution < -0.4 is 10.6 Å². The van der Waals surface area contributed by atoms with Gasteiger partial charge in [-0.05, 0) is 19.3 Å². The van der Waals surface area contributed by atoms with Crippen LogP contribution >= 0.6 is 0 Å². The van der Waals surface area contributed by atoms with Crippen LogP contribution in [0, 0.1) is 0 Å². The molecule has 6 saturated heterocycles. The van der Waals surface area contributed by atoms with Gasteiger partial charge in [-0.15, -0.1) is 0 Å². The minimum absolute atomic E-state index is 0.175. The number of amides is 2. The predicted molar refractivity (Wildman–Crippen MR) is 410 cm³/mol. The Hall–Kier alpha value is -2.56. The van der Waals surface area contributed by atoms with Gasteiger partial charge >= 0.3 is 0 Å². The van der Waals surface area contributed by atoms with Gasteiger partial charge in [-0.1, -0.05) is 219 Å². The third kappa shape index (κ3) is 31.9. The van der Waals surface area contributed by atoms with Crippen LogP contribution in [0.4, 0.5) is 0 Å². The summed E-state index contributed by atoms with van der Waals surface area (Å²) in [4.78, 5) is 26.6. The fraction of sp³-hybridized carbons (Fsp3) is 0.950. The van der Waals surface area contributed by atoms with Crippen molar-refractivity contribution in [3.8, 4) is 0 Å². The fourth-order valence-electron chi connectivity index (χ4n) is 15.7. The average molecular weight is 1660 g/mol. The number of hydrogen-bond acceptors (Lipinski definition) is 33. The maximum Gasteiger partial charge on any atom is 0.220 e. The van der Waals surface area contributed by atoms with E-state index in [2.05, 4.69) is 24.5 Å². The standard InChI is InChI=1S/C80H146N2O33/c1-4-6-8-10-12-14-16-18-19-20-21-22-23-24-25-27-29-31-33-35-37-39-56(91)82-48(49(90)38-36-34-32-30-28-26-17-15-13-11-9-7-5-2)46-104-76-66(100)64(98)70(55(45-88)110-76)111-78-68(102)74(62(96)53(43-86)107-78)115-80-67(101)72(60(94)52(42-85)109-80)113-75-57(81-47(3)89)71(59(93)51(41-84)105-75)112-79-69(103)73(61(95)54(44-87)108-79)114-77-65(99)63(97)58(92)50(40-83)106-77/h36,38,48-55,57-80,83-88,90,92-103H,4-35,37,39-46H2,1-3H3,(H,81,89)(H,82,91)/b38-36+/t48-,49+,50?,51?,52?,53?,54?,55?,57?,58-,59-,60-,61-,62-,63-,64+,65?,66?,67?,68?,69?,70+,71+,72-,73-,74-,75-,76+,77+,78-,79-,80+/m0/s1. The number of allylic oxidation sites excluding steroid dienone is 1. The second-order valence-corrected chi connectivity index (χ2v) is 32.0. The van der Waals surface area contributed by atoms with Crippen molar-refractivity contribution in [1.29, 1.82) is 0 Å². The highest BCUT2D eigenvalue weighted by Crippen LogP contribution is 2.38. The van der Waals surface area contributed by atoms with Crippen molar-refractivity contribution in [2.45, 2.75) is 435 Å². The second-order valence-electron chi connectivity index (χ2n) is 32.0. The molecule has 115 heavy (non-hydrogen) atoms. The van der Waals surface area contributed by atoms with Crippen LogP contribution in [0.15, 0.2) is 12.2 Å². The van der Waals surface area contributed by atoms with Crippen molar-refractivity contribution in [2.24, 2.45) is 0 Å². The molecule has 12 unspecified atom stereocenters. The molecule has 0 bridgehead atoms. The molecule has 6 fully saturated rings. The van der Waals surface area contributed by atoms with Crippen molar-refractivity contribution < 1.29 is 163 Å². The molecule has 35 nitrogen and oxygen atoms in total. The Kier molecular flexibility index (Phi) is 48.9. The zero-order valence-corrected chi connectivity index (χ0v) is 67.8. The highest BCUT2D eigenvalue weighted by molar-refractivity contribution is 5.76. The summed E-state index contributed by atoms with van der Waals surface area (Å²) in [6.07, 6.45) is -15.3. The molecule has 0 saturated carbocycles. The van der Waals surface area contributed by atoms with Gasteiger partial charge < -0.3 is 164 Å². The van der Waals surface area contributed by atoms with Crippen molar-refractivity contribution in [3.05, 3.63) is 12.2 Å². The van der Waals surface area contributed by atoms with Gasteiger partial charge in [0, 0.05) is 13.3 Å². The lowest BCUT2D eigenvalue weighted by atomic mass is 9.94. The van der Waals surface area contributed by atoms with E-state index >= 15 is 0 Å². The first kappa shape index (κ1) is 101. The highest BCUT2D eigenvalue weighted by atomic mass is 16.8. The number of carbonyl (C=O) groups is 2. The lowest BCUT2D eigenvalue weighted by Gasteiger charge is -2.50. The first-order valence-corrected chi connectivity index (χ1v) is 43.0. The minimum Gasteiger partial charge on any atom is -0.394 e. The fourth-order valence-corrected chi connectivity index (χ4v) is 15.7. The maximum atomic E-state index is 13.6. The van der Waals surface area contributed by atoms with Crippen LogP contribution in [-0.2, 0) is 66.4 Å². The second kappa shape index (κ2) is 55.5. The number of nitrogens with one attached hydrogen (secondary N) is 2. The third-order valence-electron chi connectivity index (χ3n) is 22.8. The van der Waals surface area contributed by atoms with E-state index in [1.165, 1.54) is 148 Å². The molecule has 6 aliphatic rings. The lowest BCUT2D eigenvalue weighted by molar-refractivity contribution is -0.392. The van der Waals surface area contributed by atoms with Crippen LogP contribution in [0.2, 0.25) is 0 Å². The van der Waals surface area contributed by atoms with Crippen molar-refractivity contribution in [2.75, 3.05) is 46.2 Å². The van der Waals surface area contributed by atoms with Crippen LogP contribution in [0.5, 0.6) is 0 Å². The molecule has 0 radical (unpaired) electrons. The van der Waals surface area contributed by atoms with Crippen LogP contribution in [0.25, 0.3) is 0 Å². The summed E-state index contributed by atoms with van der Waals surface area (Å²) in [7, 11) is 0. The Bertz CT molecular complexity index is 2580. The summed E-state index contributed by atoms with van der Waals surface area (Å²) in [5, 5.41) is 216. The van der Waals surface area contributed by atoms with Crippen molar-refractivity contribution in [3.63, 3.8) is 0 Å². The number of rotatable bonds is 57. The van der Waals surface area contributed by atoms with E-state index in [1.807, 2.05) is 6.08 Å². The molecule has 35 heteroatoms. The molecule has 32 atom stereocenters. The van der Waals surface area contributed by atoms with Crippen molar-refractivity contribution >= 4 is 11.8 Å². The first-order chi connectivity index (χ1) is 55.4. The molecule has 6 aliphatic heterocycles. The van der Waals surface area contributed by atoms with Crippen LogP contribution in [-0.4, -0.2) is 351 Å². The molecule has 2 amide bonds. The van der Waals surface area contributed by atoms with Crippen molar-refractivity contribution in [1.82, 2.24) is 10.6 Å². The van der Waals surface area contributed by atoms with E-state index in [0.717, 1.165) is 58.3 Å². The number of aliphatic hydroxyl groups is 19. The van der Waals surface area contributed by atoms with E-state index in [4.69, 9.17) is 56.8 Å². The van der Waals surface area contributed by atoms with Crippen LogP contribution in [0.3, 0.4) is 0 Å². The highest BCUT2D eigenvalue weighted by Gasteiger charge is 2.59. The third-order valence-corrected chi connectivity index (χ3v) is 22.8. The molecule has 21 N–H and O–H groups in total. The molecule has 0 aromatic carbocycles. The van der Waals surface area contributed by atoms with Gasteiger partial charge in [0.2, 0.25) is 11.8 Å². The number of hydrogen-bond donors (Lipinski definition) is 21. The molecular weight excluding hydrogens is 1520 g/mol. The van der Waals surface area contributed by atoms with Gasteiger partial charge in [0.05, 0.1) is 58.4 Å². The Morgan fingerprint density at radius 1 is 0.339 bits per heavy atom. The zero-order valence-electron chi connectivity index (χ0n) is 67.8. The predicted octanol–water partition coefficient (Wildman–Crippen LogP) is -0.227. The largest absolute Gasteiger partial charge is 0.394 e. The Morgan fingerprint density at radius 2 is 0.643 bits per heavy atom. The minimum atomic E-state index is -2.30. The zero-order chi connectivity index (χ0) is 83.9. The summed E-state index contributed by atoms with van der Waals surface area (Å²) in [5.41, 5.74) is 0. The molecule has 6 rings (SSSR count). The number of unbranched alkanes of at least 4 members (excludes halogenated alkanes) is 31. The van der Waals surface area contributed by atoms with E-state index in [1.54, 1.807) is 6.08 Å². The lowest BCUT2D eigenvalue weighted by Crippen LogP contribution is -2.70. The van der Waals surface area contributed by atoms with Gasteiger partial charge in [0.25, 0.3) is 0 Å². The monoisotopic (exact) mass is 1660 g/mol. The number of carbonyl (C=O) groups excluding carboxylic acids is 2. The number of aliphatic hydroxyl groups excluding tert-OH is 19. The van der Waals surface area contributed by atoms with Gasteiger partial charge in [0.1, 0.15) is 146 Å². The van der Waals surface area contributed by atoms with Gasteiger partial charge in [-0.25, -0.2) is 0 Å². The molecule has 0 aromatic rings. The molecule has 674 valence electrons. The summed E-state index contributed by atoms with van der Waals surface area (Å²) in [6, 6.07) is -2.92. The Labute approximate surface area is 677 Å². The van der Waals surface area contributed by atoms with Crippen LogP contribution in [0.1, 0.15) is 239 Å². The molecular formula is C80H146N2O33. The normalized spacial score (nSPS) is 36.6. The van der Waals surface area contributed by atoms with Gasteiger partial charge in [0.15, 0.2) is 37.7 Å². The average Bonchev–Trinajstić information content (AvgIpc) is 0.748. The topological polar surface area (TPSA) is 553 Å². The maximum absolute atomic E-state index is 13.6. The van der Waals surface area contributed by atoms with Gasteiger partial charge in [-0.2, -0.15) is 0 Å². The molecule has 0 aromatic heterocycles. The van der Waals surface area contributed by atoms with E-state index in [-0.39, 0.29) is 12.3 Å². The molecule has 6 heterocycles. The Balaban J connectivity index is 1.06. The smallest absolute Gasteiger partial charge is 0.220 e. The van der Waals surface area contributed by atoms with E-state index in [0.29, 0.717) is 12.8 Å². The Morgan fingerprint density at radius 3 is 1.03 bits per heavy atom. The summed E-state index contributed by atoms with van der Waals surface area (Å²) >= 11 is 0.